The summed E-state index contributed by atoms with van der Waals surface area (Å²) in [6.07, 6.45) is 11.8. The first-order chi connectivity index (χ1) is 10.3. The molecule has 4 heteroatoms. The fraction of sp³-hybridized carbons (Fsp3) is 0.647. The van der Waals surface area contributed by atoms with Crippen LogP contribution in [-0.2, 0) is 13.0 Å². The number of nitrogens with zero attached hydrogens (tertiary/aromatic N) is 2. The molecule has 0 atom stereocenters. The molecule has 2 heterocycles. The minimum atomic E-state index is 0.153. The largest absolute Gasteiger partial charge is 0.298 e. The quantitative estimate of drug-likeness (QED) is 0.678. The van der Waals surface area contributed by atoms with Gasteiger partial charge in [0.25, 0.3) is 5.56 Å². The second-order valence-electron chi connectivity index (χ2n) is 6.24. The molecule has 2 aromatic heterocycles. The molecule has 0 spiro atoms. The van der Waals surface area contributed by atoms with Crippen molar-refractivity contribution < 1.29 is 0 Å². The van der Waals surface area contributed by atoms with Gasteiger partial charge in [-0.1, -0.05) is 32.6 Å². The van der Waals surface area contributed by atoms with Crippen molar-refractivity contribution in [1.29, 1.82) is 0 Å². The summed E-state index contributed by atoms with van der Waals surface area (Å²) < 4.78 is 1.80. The molecule has 1 saturated carbocycles. The van der Waals surface area contributed by atoms with Crippen molar-refractivity contribution in [2.75, 3.05) is 0 Å². The first-order valence-corrected chi connectivity index (χ1v) is 9.07. The fourth-order valence-corrected chi connectivity index (χ4v) is 3.77. The highest BCUT2D eigenvalue weighted by atomic mass is 32.1. The van der Waals surface area contributed by atoms with Crippen LogP contribution in [0.5, 0.6) is 0 Å². The van der Waals surface area contributed by atoms with Crippen molar-refractivity contribution in [3.8, 4) is 0 Å². The summed E-state index contributed by atoms with van der Waals surface area (Å²) in [5, 5.41) is 0.826. The molecule has 0 bridgehead atoms. The predicted molar refractivity (Wildman–Crippen MR) is 89.1 cm³/mol. The van der Waals surface area contributed by atoms with Crippen molar-refractivity contribution in [1.82, 2.24) is 9.55 Å². The first kappa shape index (κ1) is 14.8. The Bertz CT molecular complexity index is 654. The van der Waals surface area contributed by atoms with Crippen LogP contribution in [-0.4, -0.2) is 9.55 Å². The van der Waals surface area contributed by atoms with Gasteiger partial charge >= 0.3 is 0 Å². The molecule has 3 nitrogen and oxygen atoms in total. The molecule has 0 unspecified atom stereocenters. The van der Waals surface area contributed by atoms with Crippen LogP contribution in [0.1, 0.15) is 56.7 Å². The summed E-state index contributed by atoms with van der Waals surface area (Å²) in [6.45, 7) is 3.09. The highest BCUT2D eigenvalue weighted by molar-refractivity contribution is 7.18. The first-order valence-electron chi connectivity index (χ1n) is 8.25. The standard InChI is InChI=1S/C17H24N2OS/c1-2-3-4-5-6-7-14-10-15-16(21-14)18-12-19(17(15)20)11-13-8-9-13/h10,12-13H,2-9,11H2,1H3. The predicted octanol–water partition coefficient (Wildman–Crippen LogP) is 4.38. The van der Waals surface area contributed by atoms with E-state index in [-0.39, 0.29) is 5.56 Å². The van der Waals surface area contributed by atoms with Crippen LogP contribution in [0.4, 0.5) is 0 Å². The zero-order valence-electron chi connectivity index (χ0n) is 12.8. The highest BCUT2D eigenvalue weighted by Gasteiger charge is 2.22. The highest BCUT2D eigenvalue weighted by Crippen LogP contribution is 2.30. The minimum absolute atomic E-state index is 0.153. The number of rotatable bonds is 8. The van der Waals surface area contributed by atoms with Gasteiger partial charge in [-0.15, -0.1) is 11.3 Å². The number of hydrogen-bond acceptors (Lipinski definition) is 3. The number of unbranched alkanes of at least 4 members (excludes halogenated alkanes) is 4. The Morgan fingerprint density at radius 3 is 2.86 bits per heavy atom. The van der Waals surface area contributed by atoms with Crippen molar-refractivity contribution in [2.24, 2.45) is 5.92 Å². The van der Waals surface area contributed by atoms with Crippen LogP contribution in [0.15, 0.2) is 17.2 Å². The van der Waals surface area contributed by atoms with Crippen LogP contribution in [0.25, 0.3) is 10.2 Å². The molecule has 0 aliphatic heterocycles. The molecule has 0 aromatic carbocycles. The number of aryl methyl sites for hydroxylation is 1. The Labute approximate surface area is 130 Å². The molecule has 3 rings (SSSR count). The van der Waals surface area contributed by atoms with E-state index in [1.807, 2.05) is 0 Å². The van der Waals surface area contributed by atoms with Crippen LogP contribution < -0.4 is 5.56 Å². The van der Waals surface area contributed by atoms with Gasteiger partial charge in [0.15, 0.2) is 0 Å². The van der Waals surface area contributed by atoms with Crippen molar-refractivity contribution in [3.05, 3.63) is 27.6 Å². The van der Waals surface area contributed by atoms with Gasteiger partial charge in [-0.05, 0) is 37.7 Å². The van der Waals surface area contributed by atoms with Gasteiger partial charge in [0.05, 0.1) is 11.7 Å². The topological polar surface area (TPSA) is 34.9 Å². The molecule has 1 aliphatic carbocycles. The fourth-order valence-electron chi connectivity index (χ4n) is 2.74. The lowest BCUT2D eigenvalue weighted by Gasteiger charge is -2.02. The monoisotopic (exact) mass is 304 g/mol. The summed E-state index contributed by atoms with van der Waals surface area (Å²) in [5.41, 5.74) is 0.153. The maximum absolute atomic E-state index is 12.4. The maximum atomic E-state index is 12.4. The average molecular weight is 304 g/mol. The molecule has 0 amide bonds. The normalized spacial score (nSPS) is 14.9. The van der Waals surface area contributed by atoms with E-state index in [0.29, 0.717) is 5.92 Å². The van der Waals surface area contributed by atoms with E-state index in [0.717, 1.165) is 23.2 Å². The van der Waals surface area contributed by atoms with E-state index in [9.17, 15) is 4.79 Å². The van der Waals surface area contributed by atoms with E-state index in [4.69, 9.17) is 0 Å². The number of hydrogen-bond donors (Lipinski definition) is 0. The average Bonchev–Trinajstić information content (AvgIpc) is 3.20. The Morgan fingerprint density at radius 1 is 1.29 bits per heavy atom. The van der Waals surface area contributed by atoms with E-state index in [1.165, 1.54) is 49.8 Å². The maximum Gasteiger partial charge on any atom is 0.262 e. The lowest BCUT2D eigenvalue weighted by Crippen LogP contribution is -2.20. The van der Waals surface area contributed by atoms with Gasteiger partial charge in [-0.25, -0.2) is 4.98 Å². The number of thiophene rings is 1. The van der Waals surface area contributed by atoms with E-state index in [1.54, 1.807) is 22.2 Å². The molecule has 0 radical (unpaired) electrons. The van der Waals surface area contributed by atoms with Gasteiger partial charge < -0.3 is 0 Å². The molecule has 114 valence electrons. The van der Waals surface area contributed by atoms with Gasteiger partial charge in [0.2, 0.25) is 0 Å². The van der Waals surface area contributed by atoms with Gasteiger partial charge in [0.1, 0.15) is 4.83 Å². The van der Waals surface area contributed by atoms with Crippen molar-refractivity contribution in [3.63, 3.8) is 0 Å². The molecule has 2 aromatic rings. The Kier molecular flexibility index (Phi) is 4.73. The van der Waals surface area contributed by atoms with Crippen LogP contribution in [0.2, 0.25) is 0 Å². The third-order valence-corrected chi connectivity index (χ3v) is 5.35. The third-order valence-electron chi connectivity index (χ3n) is 4.25. The molecular formula is C17H24N2OS. The summed E-state index contributed by atoms with van der Waals surface area (Å²) in [7, 11) is 0. The van der Waals surface area contributed by atoms with Crippen LogP contribution >= 0.6 is 11.3 Å². The Morgan fingerprint density at radius 2 is 2.10 bits per heavy atom. The second kappa shape index (κ2) is 6.73. The second-order valence-corrected chi connectivity index (χ2v) is 7.36. The van der Waals surface area contributed by atoms with Crippen LogP contribution in [0, 0.1) is 5.92 Å². The number of aromatic nitrogens is 2. The lowest BCUT2D eigenvalue weighted by atomic mass is 10.1. The smallest absolute Gasteiger partial charge is 0.262 e. The van der Waals surface area contributed by atoms with Gasteiger partial charge in [-0.2, -0.15) is 0 Å². The van der Waals surface area contributed by atoms with Crippen molar-refractivity contribution >= 4 is 21.6 Å². The molecule has 1 fully saturated rings. The molecule has 21 heavy (non-hydrogen) atoms. The molecule has 1 aliphatic rings. The number of fused-ring (bicyclic) bond motifs is 1. The summed E-state index contributed by atoms with van der Waals surface area (Å²) in [4.78, 5) is 19.2. The van der Waals surface area contributed by atoms with E-state index < -0.39 is 0 Å². The van der Waals surface area contributed by atoms with E-state index >= 15 is 0 Å². The zero-order valence-corrected chi connectivity index (χ0v) is 13.6. The summed E-state index contributed by atoms with van der Waals surface area (Å²) >= 11 is 1.69. The van der Waals surface area contributed by atoms with Gasteiger partial charge in [-0.3, -0.25) is 9.36 Å². The zero-order chi connectivity index (χ0) is 14.7. The van der Waals surface area contributed by atoms with Crippen molar-refractivity contribution in [2.45, 2.75) is 64.8 Å². The van der Waals surface area contributed by atoms with E-state index in [2.05, 4.69) is 18.0 Å². The van der Waals surface area contributed by atoms with Crippen LogP contribution in [0.3, 0.4) is 0 Å². The summed E-state index contributed by atoms with van der Waals surface area (Å²) in [5.74, 6) is 0.707. The Balaban J connectivity index is 1.67. The molecule has 0 N–H and O–H groups in total. The molecular weight excluding hydrogens is 280 g/mol. The lowest BCUT2D eigenvalue weighted by molar-refractivity contribution is 0.602. The van der Waals surface area contributed by atoms with Gasteiger partial charge in [0, 0.05) is 11.4 Å². The summed E-state index contributed by atoms with van der Waals surface area (Å²) in [6, 6.07) is 2.08. The minimum Gasteiger partial charge on any atom is -0.298 e. The third kappa shape index (κ3) is 3.73. The SMILES string of the molecule is CCCCCCCc1cc2c(=O)n(CC3CC3)cnc2s1. The molecule has 0 saturated heterocycles. The Hall–Kier alpha value is -1.16.